The average Bonchev–Trinajstić information content (AvgIpc) is 3.15. The lowest BCUT2D eigenvalue weighted by Crippen LogP contribution is -2.38. The molecule has 1 heterocycles. The molecule has 0 saturated carbocycles. The monoisotopic (exact) mass is 485 g/mol. The van der Waals surface area contributed by atoms with E-state index in [1.807, 2.05) is 0 Å². The van der Waals surface area contributed by atoms with Gasteiger partial charge in [-0.2, -0.15) is 0 Å². The number of esters is 1. The molecule has 0 radical (unpaired) electrons. The number of ether oxygens (including phenoxy) is 3. The van der Waals surface area contributed by atoms with E-state index in [0.717, 1.165) is 77.2 Å². The summed E-state index contributed by atoms with van der Waals surface area (Å²) in [4.78, 5) is 15.2. The number of aliphatic imine (C=N–C) groups is 1. The standard InChI is InChI=1S/C18H35N3O4.HI/c1-19-18(20-11-6-4-3-5-10-17(22)23-2)21-12-8-13-24-15-16-9-7-14-25-16;/h16H,3-15H2,1-2H3,(H2,19,20,21);1H. The first-order valence-electron chi connectivity index (χ1n) is 9.47. The SMILES string of the molecule is CN=C(NCCCCCCC(=O)OC)NCCCOCC1CCCO1.I. The van der Waals surface area contributed by atoms with Crippen LogP contribution < -0.4 is 10.6 Å². The molecule has 8 heteroatoms. The molecule has 0 amide bonds. The van der Waals surface area contributed by atoms with E-state index in [2.05, 4.69) is 20.4 Å². The number of carbonyl (C=O) groups excluding carboxylic acids is 1. The zero-order valence-electron chi connectivity index (χ0n) is 16.3. The summed E-state index contributed by atoms with van der Waals surface area (Å²) in [6.45, 7) is 4.05. The number of halogens is 1. The van der Waals surface area contributed by atoms with Gasteiger partial charge in [0.25, 0.3) is 0 Å². The van der Waals surface area contributed by atoms with Crippen LogP contribution in [0.4, 0.5) is 0 Å². The minimum Gasteiger partial charge on any atom is -0.469 e. The highest BCUT2D eigenvalue weighted by Crippen LogP contribution is 2.11. The van der Waals surface area contributed by atoms with E-state index < -0.39 is 0 Å². The van der Waals surface area contributed by atoms with Gasteiger partial charge < -0.3 is 24.8 Å². The van der Waals surface area contributed by atoms with Gasteiger partial charge in [0.2, 0.25) is 0 Å². The topological polar surface area (TPSA) is 81.2 Å². The van der Waals surface area contributed by atoms with E-state index in [1.54, 1.807) is 7.05 Å². The lowest BCUT2D eigenvalue weighted by Gasteiger charge is -2.13. The molecular formula is C18H36IN3O4. The highest BCUT2D eigenvalue weighted by Gasteiger charge is 2.14. The van der Waals surface area contributed by atoms with Crippen molar-refractivity contribution in [2.75, 3.05) is 47.1 Å². The maximum atomic E-state index is 11.0. The molecule has 154 valence electrons. The maximum absolute atomic E-state index is 11.0. The zero-order valence-corrected chi connectivity index (χ0v) is 18.6. The molecule has 1 aliphatic rings. The van der Waals surface area contributed by atoms with Crippen molar-refractivity contribution in [3.8, 4) is 0 Å². The van der Waals surface area contributed by atoms with Crippen LogP contribution in [0.3, 0.4) is 0 Å². The molecule has 1 aliphatic heterocycles. The van der Waals surface area contributed by atoms with Crippen LogP contribution in [0.15, 0.2) is 4.99 Å². The van der Waals surface area contributed by atoms with Gasteiger partial charge in [-0.15, -0.1) is 24.0 Å². The highest BCUT2D eigenvalue weighted by atomic mass is 127. The van der Waals surface area contributed by atoms with Gasteiger partial charge in [0.1, 0.15) is 0 Å². The van der Waals surface area contributed by atoms with Crippen LogP contribution in [0.25, 0.3) is 0 Å². The molecule has 26 heavy (non-hydrogen) atoms. The Morgan fingerprint density at radius 3 is 2.54 bits per heavy atom. The van der Waals surface area contributed by atoms with E-state index in [1.165, 1.54) is 7.11 Å². The van der Waals surface area contributed by atoms with Crippen molar-refractivity contribution in [1.29, 1.82) is 0 Å². The largest absolute Gasteiger partial charge is 0.469 e. The van der Waals surface area contributed by atoms with Crippen molar-refractivity contribution in [3.63, 3.8) is 0 Å². The van der Waals surface area contributed by atoms with Crippen molar-refractivity contribution in [2.45, 2.75) is 57.5 Å². The predicted octanol–water partition coefficient (Wildman–Crippen LogP) is 2.48. The molecule has 2 N–H and O–H groups in total. The van der Waals surface area contributed by atoms with E-state index in [9.17, 15) is 4.79 Å². The van der Waals surface area contributed by atoms with Crippen LogP contribution in [-0.4, -0.2) is 65.1 Å². The second-order valence-corrected chi connectivity index (χ2v) is 6.23. The number of hydrogen-bond donors (Lipinski definition) is 2. The third-order valence-corrected chi connectivity index (χ3v) is 4.14. The van der Waals surface area contributed by atoms with Gasteiger partial charge in [-0.1, -0.05) is 12.8 Å². The molecule has 0 bridgehead atoms. The van der Waals surface area contributed by atoms with Gasteiger partial charge in [0, 0.05) is 39.8 Å². The lowest BCUT2D eigenvalue weighted by atomic mass is 10.1. The summed E-state index contributed by atoms with van der Waals surface area (Å²) in [5.41, 5.74) is 0. The Morgan fingerprint density at radius 2 is 1.88 bits per heavy atom. The van der Waals surface area contributed by atoms with Crippen LogP contribution in [-0.2, 0) is 19.0 Å². The normalized spacial score (nSPS) is 16.8. The van der Waals surface area contributed by atoms with E-state index in [0.29, 0.717) is 19.1 Å². The van der Waals surface area contributed by atoms with E-state index in [4.69, 9.17) is 9.47 Å². The molecule has 0 aromatic heterocycles. The number of rotatable bonds is 13. The summed E-state index contributed by atoms with van der Waals surface area (Å²) in [5, 5.41) is 6.59. The Balaban J connectivity index is 0.00000625. The Morgan fingerprint density at radius 1 is 1.15 bits per heavy atom. The third kappa shape index (κ3) is 13.6. The molecule has 0 aromatic carbocycles. The van der Waals surface area contributed by atoms with Crippen molar-refractivity contribution < 1.29 is 19.0 Å². The molecule has 1 saturated heterocycles. The van der Waals surface area contributed by atoms with Gasteiger partial charge in [0.15, 0.2) is 5.96 Å². The number of nitrogens with one attached hydrogen (secondary N) is 2. The Bertz CT molecular complexity index is 377. The second-order valence-electron chi connectivity index (χ2n) is 6.23. The van der Waals surface area contributed by atoms with Crippen molar-refractivity contribution in [2.24, 2.45) is 4.99 Å². The van der Waals surface area contributed by atoms with Gasteiger partial charge >= 0.3 is 5.97 Å². The van der Waals surface area contributed by atoms with Crippen molar-refractivity contribution in [3.05, 3.63) is 0 Å². The third-order valence-electron chi connectivity index (χ3n) is 4.14. The number of nitrogens with zero attached hydrogens (tertiary/aromatic N) is 1. The first kappa shape index (κ1) is 25.4. The predicted molar refractivity (Wildman–Crippen MR) is 114 cm³/mol. The Labute approximate surface area is 175 Å². The first-order chi connectivity index (χ1) is 12.3. The van der Waals surface area contributed by atoms with E-state index in [-0.39, 0.29) is 29.9 Å². The Kier molecular flexibility index (Phi) is 17.4. The summed E-state index contributed by atoms with van der Waals surface area (Å²) < 4.78 is 15.8. The number of guanidine groups is 1. The summed E-state index contributed by atoms with van der Waals surface area (Å²) in [7, 11) is 3.21. The fourth-order valence-electron chi connectivity index (χ4n) is 2.65. The Hall–Kier alpha value is -0.610. The fraction of sp³-hybridized carbons (Fsp3) is 0.889. The average molecular weight is 485 g/mol. The van der Waals surface area contributed by atoms with Gasteiger partial charge in [0.05, 0.1) is 19.8 Å². The number of hydrogen-bond acceptors (Lipinski definition) is 5. The highest BCUT2D eigenvalue weighted by molar-refractivity contribution is 14.0. The molecule has 0 aromatic rings. The summed E-state index contributed by atoms with van der Waals surface area (Å²) in [6, 6.07) is 0. The van der Waals surface area contributed by atoms with Crippen molar-refractivity contribution in [1.82, 2.24) is 10.6 Å². The molecule has 0 aliphatic carbocycles. The number of methoxy groups -OCH3 is 1. The summed E-state index contributed by atoms with van der Waals surface area (Å²) >= 11 is 0. The quantitative estimate of drug-likeness (QED) is 0.137. The summed E-state index contributed by atoms with van der Waals surface area (Å²) in [6.07, 6.45) is 8.14. The lowest BCUT2D eigenvalue weighted by molar-refractivity contribution is -0.140. The molecule has 7 nitrogen and oxygen atoms in total. The van der Waals surface area contributed by atoms with Gasteiger partial charge in [-0.3, -0.25) is 9.79 Å². The molecule has 1 fully saturated rings. The minimum absolute atomic E-state index is 0. The first-order valence-corrected chi connectivity index (χ1v) is 9.47. The summed E-state index contributed by atoms with van der Waals surface area (Å²) in [5.74, 6) is 0.705. The smallest absolute Gasteiger partial charge is 0.305 e. The van der Waals surface area contributed by atoms with E-state index >= 15 is 0 Å². The number of carbonyl (C=O) groups is 1. The van der Waals surface area contributed by atoms with Crippen LogP contribution in [0.2, 0.25) is 0 Å². The minimum atomic E-state index is -0.123. The molecule has 1 unspecified atom stereocenters. The zero-order chi connectivity index (χ0) is 18.2. The van der Waals surface area contributed by atoms with Crippen LogP contribution in [0, 0.1) is 0 Å². The van der Waals surface area contributed by atoms with Gasteiger partial charge in [-0.25, -0.2) is 0 Å². The van der Waals surface area contributed by atoms with Gasteiger partial charge in [-0.05, 0) is 32.1 Å². The van der Waals surface area contributed by atoms with Crippen LogP contribution >= 0.6 is 24.0 Å². The van der Waals surface area contributed by atoms with Crippen LogP contribution in [0.5, 0.6) is 0 Å². The fourth-order valence-corrected chi connectivity index (χ4v) is 2.65. The molecular weight excluding hydrogens is 449 g/mol. The molecule has 0 spiro atoms. The molecule has 1 atom stereocenters. The van der Waals surface area contributed by atoms with Crippen molar-refractivity contribution >= 4 is 35.9 Å². The second kappa shape index (κ2) is 17.8. The molecule has 1 rings (SSSR count). The maximum Gasteiger partial charge on any atom is 0.305 e. The number of unbranched alkanes of at least 4 members (excludes halogenated alkanes) is 3. The van der Waals surface area contributed by atoms with Crippen LogP contribution in [0.1, 0.15) is 51.4 Å².